The van der Waals surface area contributed by atoms with E-state index in [1.807, 2.05) is 12.1 Å². The minimum atomic E-state index is 0.434. The number of rotatable bonds is 15. The van der Waals surface area contributed by atoms with E-state index in [0.29, 0.717) is 5.75 Å². The van der Waals surface area contributed by atoms with Gasteiger partial charge in [0.15, 0.2) is 0 Å². The molecule has 0 spiro atoms. The van der Waals surface area contributed by atoms with Crippen LogP contribution in [0.1, 0.15) is 102 Å². The van der Waals surface area contributed by atoms with E-state index in [1.54, 1.807) is 0 Å². The molecule has 0 aliphatic heterocycles. The third kappa shape index (κ3) is 8.25. The van der Waals surface area contributed by atoms with E-state index >= 15 is 0 Å². The highest BCUT2D eigenvalue weighted by Gasteiger charge is 2.14. The smallest absolute Gasteiger partial charge is 0.123 e. The van der Waals surface area contributed by atoms with E-state index in [9.17, 15) is 5.11 Å². The van der Waals surface area contributed by atoms with Crippen LogP contribution in [0.3, 0.4) is 0 Å². The van der Waals surface area contributed by atoms with Crippen LogP contribution in [0, 0.1) is 0 Å². The first-order chi connectivity index (χ1) is 14.3. The van der Waals surface area contributed by atoms with Crippen LogP contribution in [-0.4, -0.2) is 5.11 Å². The minimum Gasteiger partial charge on any atom is -0.507 e. The Morgan fingerprint density at radius 3 is 1.76 bits per heavy atom. The monoisotopic (exact) mass is 394 g/mol. The molecule has 0 amide bonds. The van der Waals surface area contributed by atoms with Gasteiger partial charge in [-0.1, -0.05) is 114 Å². The molecule has 160 valence electrons. The molecule has 0 saturated carbocycles. The lowest BCUT2D eigenvalue weighted by Gasteiger charge is -2.17. The Labute approximate surface area is 179 Å². The van der Waals surface area contributed by atoms with E-state index < -0.39 is 0 Å². The number of benzene rings is 2. The van der Waals surface area contributed by atoms with E-state index in [2.05, 4.69) is 44.2 Å². The maximum atomic E-state index is 10.7. The van der Waals surface area contributed by atoms with Crippen molar-refractivity contribution in [2.24, 2.45) is 0 Å². The van der Waals surface area contributed by atoms with Crippen LogP contribution >= 0.6 is 0 Å². The molecule has 2 aromatic carbocycles. The molecule has 0 bridgehead atoms. The quantitative estimate of drug-likeness (QED) is 0.299. The highest BCUT2D eigenvalue weighted by molar-refractivity contribution is 5.75. The molecule has 2 rings (SSSR count). The Hall–Kier alpha value is -1.76. The average Bonchev–Trinajstić information content (AvgIpc) is 2.75. The van der Waals surface area contributed by atoms with Gasteiger partial charge in [0, 0.05) is 5.56 Å². The summed E-state index contributed by atoms with van der Waals surface area (Å²) >= 11 is 0. The van der Waals surface area contributed by atoms with Gasteiger partial charge in [-0.15, -0.1) is 0 Å². The van der Waals surface area contributed by atoms with Crippen molar-refractivity contribution in [2.45, 2.75) is 104 Å². The predicted octanol–water partition coefficient (Wildman–Crippen LogP) is 8.87. The summed E-state index contributed by atoms with van der Waals surface area (Å²) in [4.78, 5) is 0. The fourth-order valence-corrected chi connectivity index (χ4v) is 4.30. The van der Waals surface area contributed by atoms with Crippen molar-refractivity contribution in [3.05, 3.63) is 53.6 Å². The Morgan fingerprint density at radius 1 is 0.586 bits per heavy atom. The highest BCUT2D eigenvalue weighted by Crippen LogP contribution is 2.36. The first-order valence-electron chi connectivity index (χ1n) is 12.2. The summed E-state index contributed by atoms with van der Waals surface area (Å²) in [5, 5.41) is 10.7. The second-order valence-corrected chi connectivity index (χ2v) is 8.50. The molecule has 0 radical (unpaired) electrons. The largest absolute Gasteiger partial charge is 0.507 e. The van der Waals surface area contributed by atoms with E-state index in [4.69, 9.17) is 0 Å². The van der Waals surface area contributed by atoms with E-state index in [1.165, 1.54) is 88.2 Å². The molecule has 29 heavy (non-hydrogen) atoms. The molecule has 0 fully saturated rings. The Bertz CT molecular complexity index is 674. The molecule has 0 atom stereocenters. The molecule has 0 aliphatic carbocycles. The molecular formula is C28H42O. The fraction of sp³-hybridized carbons (Fsp3) is 0.571. The Balaban J connectivity index is 2.08. The first kappa shape index (κ1) is 23.5. The number of phenolic OH excluding ortho intramolecular Hbond substituents is 1. The summed E-state index contributed by atoms with van der Waals surface area (Å²) in [5.74, 6) is 0.434. The standard InChI is InChI=1S/C28H42O/c1-3-5-7-9-10-12-17-21-26-24(18-14-11-8-6-4-2)22-23-27(29)28(26)25-19-15-13-16-20-25/h13,15-16,19-20,22-23,29H,3-12,14,17-18,21H2,1-2H3. The SMILES string of the molecule is CCCCCCCCCc1c(CCCCCCC)ccc(O)c1-c1ccccc1. The minimum absolute atomic E-state index is 0.434. The number of phenols is 1. The van der Waals surface area contributed by atoms with Crippen molar-refractivity contribution in [2.75, 3.05) is 0 Å². The molecule has 0 saturated heterocycles. The third-order valence-electron chi connectivity index (χ3n) is 6.03. The molecule has 1 N–H and O–H groups in total. The maximum Gasteiger partial charge on any atom is 0.123 e. The van der Waals surface area contributed by atoms with Gasteiger partial charge in [0.2, 0.25) is 0 Å². The maximum absolute atomic E-state index is 10.7. The summed E-state index contributed by atoms with van der Waals surface area (Å²) in [5.41, 5.74) is 5.06. The Morgan fingerprint density at radius 2 is 1.14 bits per heavy atom. The van der Waals surface area contributed by atoms with Crippen molar-refractivity contribution >= 4 is 0 Å². The lowest BCUT2D eigenvalue weighted by atomic mass is 9.88. The summed E-state index contributed by atoms with van der Waals surface area (Å²) in [6.45, 7) is 4.54. The van der Waals surface area contributed by atoms with Crippen LogP contribution in [0.25, 0.3) is 11.1 Å². The van der Waals surface area contributed by atoms with Gasteiger partial charge in [0.1, 0.15) is 5.75 Å². The van der Waals surface area contributed by atoms with Crippen LogP contribution < -0.4 is 0 Å². The van der Waals surface area contributed by atoms with Crippen molar-refractivity contribution < 1.29 is 5.11 Å². The van der Waals surface area contributed by atoms with Gasteiger partial charge in [0.25, 0.3) is 0 Å². The third-order valence-corrected chi connectivity index (χ3v) is 6.03. The number of hydrogen-bond acceptors (Lipinski definition) is 1. The number of aromatic hydroxyl groups is 1. The van der Waals surface area contributed by atoms with E-state index in [-0.39, 0.29) is 0 Å². The first-order valence-corrected chi connectivity index (χ1v) is 12.2. The molecular weight excluding hydrogens is 352 g/mol. The van der Waals surface area contributed by atoms with Crippen molar-refractivity contribution in [1.29, 1.82) is 0 Å². The predicted molar refractivity (Wildman–Crippen MR) is 128 cm³/mol. The lowest BCUT2D eigenvalue weighted by Crippen LogP contribution is -2.00. The number of unbranched alkanes of at least 4 members (excludes halogenated alkanes) is 10. The molecule has 0 unspecified atom stereocenters. The molecule has 0 aromatic heterocycles. The van der Waals surface area contributed by atoms with Crippen LogP contribution in [0.4, 0.5) is 0 Å². The van der Waals surface area contributed by atoms with Gasteiger partial charge < -0.3 is 5.11 Å². The summed E-state index contributed by atoms with van der Waals surface area (Å²) < 4.78 is 0. The number of hydrogen-bond donors (Lipinski definition) is 1. The second-order valence-electron chi connectivity index (χ2n) is 8.50. The van der Waals surface area contributed by atoms with Crippen LogP contribution in [-0.2, 0) is 12.8 Å². The van der Waals surface area contributed by atoms with E-state index in [0.717, 1.165) is 24.0 Å². The Kier molecular flexibility index (Phi) is 11.6. The zero-order valence-electron chi connectivity index (χ0n) is 18.9. The van der Waals surface area contributed by atoms with Gasteiger partial charge in [-0.05, 0) is 48.4 Å². The fourth-order valence-electron chi connectivity index (χ4n) is 4.30. The van der Waals surface area contributed by atoms with Crippen LogP contribution in [0.2, 0.25) is 0 Å². The van der Waals surface area contributed by atoms with Gasteiger partial charge in [-0.3, -0.25) is 0 Å². The molecule has 0 heterocycles. The molecule has 0 aliphatic rings. The molecule has 1 nitrogen and oxygen atoms in total. The van der Waals surface area contributed by atoms with Crippen molar-refractivity contribution in [3.8, 4) is 16.9 Å². The van der Waals surface area contributed by atoms with Gasteiger partial charge in [-0.2, -0.15) is 0 Å². The topological polar surface area (TPSA) is 20.2 Å². The van der Waals surface area contributed by atoms with Crippen molar-refractivity contribution in [1.82, 2.24) is 0 Å². The van der Waals surface area contributed by atoms with Crippen LogP contribution in [0.5, 0.6) is 5.75 Å². The lowest BCUT2D eigenvalue weighted by molar-refractivity contribution is 0.476. The van der Waals surface area contributed by atoms with Gasteiger partial charge in [-0.25, -0.2) is 0 Å². The van der Waals surface area contributed by atoms with Gasteiger partial charge in [0.05, 0.1) is 0 Å². The van der Waals surface area contributed by atoms with Crippen LogP contribution in [0.15, 0.2) is 42.5 Å². The summed E-state index contributed by atoms with van der Waals surface area (Å²) in [6.07, 6.45) is 18.0. The zero-order chi connectivity index (χ0) is 20.7. The summed E-state index contributed by atoms with van der Waals surface area (Å²) in [6, 6.07) is 14.6. The average molecular weight is 395 g/mol. The normalized spacial score (nSPS) is 11.1. The highest BCUT2D eigenvalue weighted by atomic mass is 16.3. The molecule has 2 aromatic rings. The van der Waals surface area contributed by atoms with Crippen molar-refractivity contribution in [3.63, 3.8) is 0 Å². The number of aryl methyl sites for hydroxylation is 1. The summed E-state index contributed by atoms with van der Waals surface area (Å²) in [7, 11) is 0. The zero-order valence-corrected chi connectivity index (χ0v) is 18.9. The molecule has 1 heteroatoms. The second kappa shape index (κ2) is 14.3. The van der Waals surface area contributed by atoms with Gasteiger partial charge >= 0.3 is 0 Å².